The maximum atomic E-state index is 4.58. The van der Waals surface area contributed by atoms with Crippen molar-refractivity contribution in [3.05, 3.63) is 41.3 Å². The van der Waals surface area contributed by atoms with E-state index in [1.165, 1.54) is 22.4 Å². The summed E-state index contributed by atoms with van der Waals surface area (Å²) in [6.07, 6.45) is 2.90. The summed E-state index contributed by atoms with van der Waals surface area (Å²) in [7, 11) is 4.04. The summed E-state index contributed by atoms with van der Waals surface area (Å²) in [6, 6.07) is 6.41. The van der Waals surface area contributed by atoms with Crippen LogP contribution in [0.15, 0.2) is 24.5 Å². The maximum absolute atomic E-state index is 4.58. The Morgan fingerprint density at radius 1 is 1.28 bits per heavy atom. The van der Waals surface area contributed by atoms with Gasteiger partial charge in [-0.2, -0.15) is 0 Å². The smallest absolute Gasteiger partial charge is 0.0953 e. The molecular formula is C15H21N3. The third-order valence-corrected chi connectivity index (χ3v) is 3.53. The van der Waals surface area contributed by atoms with E-state index in [0.29, 0.717) is 0 Å². The van der Waals surface area contributed by atoms with E-state index in [4.69, 9.17) is 0 Å². The third-order valence-electron chi connectivity index (χ3n) is 3.53. The number of hydrogen-bond donors (Lipinski definition) is 1. The van der Waals surface area contributed by atoms with Gasteiger partial charge in [0.1, 0.15) is 0 Å². The Morgan fingerprint density at radius 2 is 2.06 bits per heavy atom. The van der Waals surface area contributed by atoms with Crippen LogP contribution in [0.3, 0.4) is 0 Å². The van der Waals surface area contributed by atoms with E-state index in [0.717, 1.165) is 18.7 Å². The molecule has 2 rings (SSSR count). The lowest BCUT2D eigenvalue weighted by Gasteiger charge is -2.10. The normalized spacial score (nSPS) is 10.9. The lowest BCUT2D eigenvalue weighted by atomic mass is 9.99. The summed E-state index contributed by atoms with van der Waals surface area (Å²) in [5.74, 6) is 0. The van der Waals surface area contributed by atoms with Crippen LogP contribution in [-0.2, 0) is 13.5 Å². The molecule has 3 heteroatoms. The van der Waals surface area contributed by atoms with Gasteiger partial charge >= 0.3 is 0 Å². The number of hydrogen-bond acceptors (Lipinski definition) is 2. The molecule has 0 bridgehead atoms. The molecule has 0 radical (unpaired) electrons. The highest BCUT2D eigenvalue weighted by atomic mass is 15.0. The molecule has 1 aromatic heterocycles. The lowest BCUT2D eigenvalue weighted by molar-refractivity contribution is 0.738. The zero-order chi connectivity index (χ0) is 13.1. The minimum atomic E-state index is 0.970. The standard InChI is InChI=1S/C15H21N3/c1-11-6-5-7-13(12(11)2)15-14(8-9-16-3)18(4)10-17-15/h5-7,10,16H,8-9H2,1-4H3. The Kier molecular flexibility index (Phi) is 3.82. The molecule has 0 amide bonds. The molecule has 0 saturated heterocycles. The summed E-state index contributed by atoms with van der Waals surface area (Å²) in [4.78, 5) is 4.58. The van der Waals surface area contributed by atoms with Crippen molar-refractivity contribution in [2.75, 3.05) is 13.6 Å². The lowest BCUT2D eigenvalue weighted by Crippen LogP contribution is -2.13. The van der Waals surface area contributed by atoms with Gasteiger partial charge in [-0.15, -0.1) is 0 Å². The van der Waals surface area contributed by atoms with Gasteiger partial charge in [-0.05, 0) is 32.0 Å². The van der Waals surface area contributed by atoms with E-state index >= 15 is 0 Å². The molecule has 0 atom stereocenters. The SMILES string of the molecule is CNCCc1c(-c2cccc(C)c2C)ncn1C. The van der Waals surface area contributed by atoms with Crippen molar-refractivity contribution in [3.63, 3.8) is 0 Å². The van der Waals surface area contributed by atoms with Gasteiger partial charge in [0.15, 0.2) is 0 Å². The second-order valence-corrected chi connectivity index (χ2v) is 4.75. The maximum Gasteiger partial charge on any atom is 0.0953 e. The fourth-order valence-electron chi connectivity index (χ4n) is 2.23. The first-order chi connectivity index (χ1) is 8.65. The Morgan fingerprint density at radius 3 is 2.78 bits per heavy atom. The molecule has 96 valence electrons. The third kappa shape index (κ3) is 2.31. The summed E-state index contributed by atoms with van der Waals surface area (Å²) >= 11 is 0. The van der Waals surface area contributed by atoms with E-state index in [9.17, 15) is 0 Å². The molecule has 0 unspecified atom stereocenters. The first-order valence-corrected chi connectivity index (χ1v) is 6.36. The predicted octanol–water partition coefficient (Wildman–Crippen LogP) is 2.47. The number of aryl methyl sites for hydroxylation is 2. The molecule has 0 fully saturated rings. The molecule has 1 aromatic carbocycles. The molecule has 2 aromatic rings. The van der Waals surface area contributed by atoms with Crippen LogP contribution >= 0.6 is 0 Å². The molecule has 18 heavy (non-hydrogen) atoms. The second kappa shape index (κ2) is 5.36. The molecule has 0 aliphatic carbocycles. The summed E-state index contributed by atoms with van der Waals surface area (Å²) in [6.45, 7) is 5.29. The summed E-state index contributed by atoms with van der Waals surface area (Å²) in [5.41, 5.74) is 6.30. The van der Waals surface area contributed by atoms with Crippen LogP contribution in [0, 0.1) is 13.8 Å². The number of nitrogens with one attached hydrogen (secondary N) is 1. The van der Waals surface area contributed by atoms with Crippen LogP contribution < -0.4 is 5.32 Å². The Balaban J connectivity index is 2.47. The number of aromatic nitrogens is 2. The summed E-state index contributed by atoms with van der Waals surface area (Å²) in [5, 5.41) is 3.20. The molecule has 0 aliphatic heterocycles. The molecule has 1 heterocycles. The van der Waals surface area contributed by atoms with E-state index in [-0.39, 0.29) is 0 Å². The van der Waals surface area contributed by atoms with E-state index in [2.05, 4.69) is 54.0 Å². The fraction of sp³-hybridized carbons (Fsp3) is 0.400. The van der Waals surface area contributed by atoms with Crippen molar-refractivity contribution < 1.29 is 0 Å². The largest absolute Gasteiger partial charge is 0.337 e. The number of imidazole rings is 1. The minimum Gasteiger partial charge on any atom is -0.337 e. The number of rotatable bonds is 4. The molecule has 3 nitrogen and oxygen atoms in total. The summed E-state index contributed by atoms with van der Waals surface area (Å²) < 4.78 is 2.12. The van der Waals surface area contributed by atoms with Crippen LogP contribution in [0.2, 0.25) is 0 Å². The van der Waals surface area contributed by atoms with Crippen molar-refractivity contribution in [1.82, 2.24) is 14.9 Å². The van der Waals surface area contributed by atoms with Gasteiger partial charge in [0.25, 0.3) is 0 Å². The average Bonchev–Trinajstić information content (AvgIpc) is 2.72. The predicted molar refractivity (Wildman–Crippen MR) is 75.7 cm³/mol. The van der Waals surface area contributed by atoms with Crippen molar-refractivity contribution in [2.24, 2.45) is 7.05 Å². The number of nitrogens with zero attached hydrogens (tertiary/aromatic N) is 2. The topological polar surface area (TPSA) is 29.9 Å². The quantitative estimate of drug-likeness (QED) is 0.894. The highest BCUT2D eigenvalue weighted by Crippen LogP contribution is 2.27. The van der Waals surface area contributed by atoms with E-state index in [1.54, 1.807) is 0 Å². The van der Waals surface area contributed by atoms with Gasteiger partial charge in [0, 0.05) is 31.3 Å². The van der Waals surface area contributed by atoms with Gasteiger partial charge in [-0.25, -0.2) is 4.98 Å². The monoisotopic (exact) mass is 243 g/mol. The van der Waals surface area contributed by atoms with Crippen LogP contribution in [0.25, 0.3) is 11.3 Å². The first-order valence-electron chi connectivity index (χ1n) is 6.36. The van der Waals surface area contributed by atoms with Crippen LogP contribution in [-0.4, -0.2) is 23.1 Å². The molecule has 0 aliphatic rings. The zero-order valence-electron chi connectivity index (χ0n) is 11.6. The Labute approximate surface area is 109 Å². The van der Waals surface area contributed by atoms with Gasteiger partial charge in [-0.3, -0.25) is 0 Å². The molecular weight excluding hydrogens is 222 g/mol. The van der Waals surface area contributed by atoms with Crippen molar-refractivity contribution in [1.29, 1.82) is 0 Å². The van der Waals surface area contributed by atoms with Gasteiger partial charge in [0.2, 0.25) is 0 Å². The zero-order valence-corrected chi connectivity index (χ0v) is 11.6. The number of benzene rings is 1. The minimum absolute atomic E-state index is 0.970. The van der Waals surface area contributed by atoms with Crippen LogP contribution in [0.4, 0.5) is 0 Å². The Bertz CT molecular complexity index is 541. The molecule has 1 N–H and O–H groups in total. The highest BCUT2D eigenvalue weighted by Gasteiger charge is 2.13. The van der Waals surface area contributed by atoms with Crippen molar-refractivity contribution >= 4 is 0 Å². The van der Waals surface area contributed by atoms with Crippen LogP contribution in [0.1, 0.15) is 16.8 Å². The van der Waals surface area contributed by atoms with Crippen molar-refractivity contribution in [3.8, 4) is 11.3 Å². The van der Waals surface area contributed by atoms with Gasteiger partial charge < -0.3 is 9.88 Å². The molecule has 0 saturated carbocycles. The second-order valence-electron chi connectivity index (χ2n) is 4.75. The van der Waals surface area contributed by atoms with E-state index < -0.39 is 0 Å². The first kappa shape index (κ1) is 12.8. The average molecular weight is 243 g/mol. The van der Waals surface area contributed by atoms with Gasteiger partial charge in [-0.1, -0.05) is 18.2 Å². The van der Waals surface area contributed by atoms with Crippen molar-refractivity contribution in [2.45, 2.75) is 20.3 Å². The van der Waals surface area contributed by atoms with E-state index in [1.807, 2.05) is 13.4 Å². The molecule has 0 spiro atoms. The van der Waals surface area contributed by atoms with Crippen LogP contribution in [0.5, 0.6) is 0 Å². The highest BCUT2D eigenvalue weighted by molar-refractivity contribution is 5.67. The Hall–Kier alpha value is -1.61. The van der Waals surface area contributed by atoms with Gasteiger partial charge in [0.05, 0.1) is 12.0 Å². The fourth-order valence-corrected chi connectivity index (χ4v) is 2.23. The number of likely N-dealkylation sites (N-methyl/N-ethyl adjacent to an activating group) is 1.